The number of piperidine rings is 1. The quantitative estimate of drug-likeness (QED) is 0.819. The third-order valence-electron chi connectivity index (χ3n) is 4.36. The molecule has 6 heteroatoms. The van der Waals surface area contributed by atoms with Crippen LogP contribution in [-0.2, 0) is 4.79 Å². The average Bonchev–Trinajstić information content (AvgIpc) is 3.10. The van der Waals surface area contributed by atoms with Gasteiger partial charge >= 0.3 is 0 Å². The van der Waals surface area contributed by atoms with Crippen molar-refractivity contribution in [3.05, 3.63) is 29.6 Å². The van der Waals surface area contributed by atoms with E-state index >= 15 is 0 Å². The fraction of sp³-hybridized carbons (Fsp3) is 0.500. The Hall–Kier alpha value is -1.56. The second-order valence-electron chi connectivity index (χ2n) is 5.61. The molecule has 1 saturated heterocycles. The molecule has 1 heterocycles. The Morgan fingerprint density at radius 1 is 1.25 bits per heavy atom. The number of nitrogens with one attached hydrogen (secondary N) is 2. The van der Waals surface area contributed by atoms with Crippen LogP contribution in [0.4, 0.5) is 18.9 Å². The Morgan fingerprint density at radius 2 is 1.95 bits per heavy atom. The summed E-state index contributed by atoms with van der Waals surface area (Å²) in [5.74, 6) is -3.97. The lowest BCUT2D eigenvalue weighted by atomic mass is 9.92. The first-order chi connectivity index (χ1) is 9.52. The maximum Gasteiger partial charge on any atom is 0.228 e. The van der Waals surface area contributed by atoms with Crippen LogP contribution in [0.2, 0.25) is 0 Å². The van der Waals surface area contributed by atoms with Gasteiger partial charge in [0.1, 0.15) is 5.82 Å². The highest BCUT2D eigenvalue weighted by Crippen LogP contribution is 2.58. The van der Waals surface area contributed by atoms with Gasteiger partial charge < -0.3 is 10.6 Å². The predicted octanol–water partition coefficient (Wildman–Crippen LogP) is 2.43. The summed E-state index contributed by atoms with van der Waals surface area (Å²) in [7, 11) is 0. The number of rotatable bonds is 2. The van der Waals surface area contributed by atoms with Gasteiger partial charge in [0.05, 0.1) is 5.69 Å². The Balaban J connectivity index is 1.71. The van der Waals surface area contributed by atoms with Gasteiger partial charge in [-0.15, -0.1) is 0 Å². The molecule has 3 nitrogen and oxygen atoms in total. The minimum absolute atomic E-state index is 0.00230. The summed E-state index contributed by atoms with van der Waals surface area (Å²) in [5, 5.41) is 5.53. The molecule has 1 aliphatic carbocycles. The Morgan fingerprint density at radius 3 is 2.65 bits per heavy atom. The van der Waals surface area contributed by atoms with Crippen LogP contribution in [-0.4, -0.2) is 19.0 Å². The van der Waals surface area contributed by atoms with Crippen LogP contribution in [0.1, 0.15) is 19.3 Å². The lowest BCUT2D eigenvalue weighted by molar-refractivity contribution is -0.118. The van der Waals surface area contributed by atoms with Gasteiger partial charge in [-0.3, -0.25) is 4.79 Å². The smallest absolute Gasteiger partial charge is 0.228 e. The molecule has 108 valence electrons. The number of hydrogen-bond acceptors (Lipinski definition) is 2. The lowest BCUT2D eigenvalue weighted by Gasteiger charge is -2.23. The topological polar surface area (TPSA) is 41.1 Å². The van der Waals surface area contributed by atoms with Gasteiger partial charge in [0, 0.05) is 18.1 Å². The summed E-state index contributed by atoms with van der Waals surface area (Å²) in [6.45, 7) is 1.74. The average molecular weight is 284 g/mol. The number of anilines is 1. The lowest BCUT2D eigenvalue weighted by Crippen LogP contribution is -2.31. The van der Waals surface area contributed by atoms with Crippen molar-refractivity contribution in [1.82, 2.24) is 5.32 Å². The van der Waals surface area contributed by atoms with Crippen molar-refractivity contribution in [1.29, 1.82) is 0 Å². The van der Waals surface area contributed by atoms with Crippen LogP contribution in [0.25, 0.3) is 0 Å². The normalized spacial score (nSPS) is 23.6. The van der Waals surface area contributed by atoms with E-state index in [-0.39, 0.29) is 17.2 Å². The maximum atomic E-state index is 13.5. The summed E-state index contributed by atoms with van der Waals surface area (Å²) in [6.07, 6.45) is 2.58. The summed E-state index contributed by atoms with van der Waals surface area (Å²) in [6, 6.07) is 1.25. The molecule has 1 aromatic rings. The van der Waals surface area contributed by atoms with Gasteiger partial charge in [-0.2, -0.15) is 0 Å². The molecular formula is C14H15F3N2O. The van der Waals surface area contributed by atoms with E-state index in [0.29, 0.717) is 6.07 Å². The van der Waals surface area contributed by atoms with Crippen LogP contribution >= 0.6 is 0 Å². The zero-order chi connectivity index (χ0) is 14.3. The van der Waals surface area contributed by atoms with Gasteiger partial charge in [-0.25, -0.2) is 13.2 Å². The second kappa shape index (κ2) is 4.77. The molecule has 1 amide bonds. The molecule has 0 aromatic heterocycles. The zero-order valence-electron chi connectivity index (χ0n) is 10.8. The van der Waals surface area contributed by atoms with Crippen LogP contribution in [0.3, 0.4) is 0 Å². The first-order valence-corrected chi connectivity index (χ1v) is 6.68. The molecule has 1 atom stereocenters. The summed E-state index contributed by atoms with van der Waals surface area (Å²) < 4.78 is 39.6. The van der Waals surface area contributed by atoms with E-state index in [1.807, 2.05) is 0 Å². The van der Waals surface area contributed by atoms with Crippen molar-refractivity contribution in [2.75, 3.05) is 18.4 Å². The molecule has 2 fully saturated rings. The van der Waals surface area contributed by atoms with Crippen LogP contribution in [0, 0.1) is 28.8 Å². The van der Waals surface area contributed by atoms with Gasteiger partial charge in [0.15, 0.2) is 11.6 Å². The SMILES string of the molecule is O=C(Nc1cc(F)cc(F)c1F)C1CC12CCNCC2. The Bertz CT molecular complexity index is 556. The van der Waals surface area contributed by atoms with Crippen molar-refractivity contribution in [3.8, 4) is 0 Å². The van der Waals surface area contributed by atoms with Gasteiger partial charge in [-0.05, 0) is 37.8 Å². The number of halogens is 3. The molecule has 20 heavy (non-hydrogen) atoms. The molecule has 1 aromatic carbocycles. The molecule has 0 radical (unpaired) electrons. The predicted molar refractivity (Wildman–Crippen MR) is 67.6 cm³/mol. The third kappa shape index (κ3) is 2.28. The number of carbonyl (C=O) groups excluding carboxylic acids is 1. The molecule has 1 aliphatic heterocycles. The summed E-state index contributed by atoms with van der Waals surface area (Å²) in [5.41, 5.74) is -0.430. The van der Waals surface area contributed by atoms with Crippen molar-refractivity contribution in [2.24, 2.45) is 11.3 Å². The number of hydrogen-bond donors (Lipinski definition) is 2. The first-order valence-electron chi connectivity index (χ1n) is 6.68. The van der Waals surface area contributed by atoms with Crippen LogP contribution < -0.4 is 10.6 Å². The maximum absolute atomic E-state index is 13.5. The van der Waals surface area contributed by atoms with Gasteiger partial charge in [-0.1, -0.05) is 0 Å². The van der Waals surface area contributed by atoms with Crippen molar-refractivity contribution in [2.45, 2.75) is 19.3 Å². The van der Waals surface area contributed by atoms with Crippen LogP contribution in [0.15, 0.2) is 12.1 Å². The van der Waals surface area contributed by atoms with Crippen LogP contribution in [0.5, 0.6) is 0 Å². The van der Waals surface area contributed by atoms with E-state index < -0.39 is 23.1 Å². The Labute approximate surface area is 114 Å². The molecular weight excluding hydrogens is 269 g/mol. The Kier molecular flexibility index (Phi) is 3.20. The molecule has 1 spiro atoms. The fourth-order valence-electron chi connectivity index (χ4n) is 3.06. The third-order valence-corrected chi connectivity index (χ3v) is 4.36. The largest absolute Gasteiger partial charge is 0.323 e. The fourth-order valence-corrected chi connectivity index (χ4v) is 3.06. The monoisotopic (exact) mass is 284 g/mol. The molecule has 2 N–H and O–H groups in total. The van der Waals surface area contributed by atoms with Gasteiger partial charge in [0.2, 0.25) is 5.91 Å². The summed E-state index contributed by atoms with van der Waals surface area (Å²) in [4.78, 5) is 12.1. The highest BCUT2D eigenvalue weighted by Gasteiger charge is 2.57. The summed E-state index contributed by atoms with van der Waals surface area (Å²) >= 11 is 0. The van der Waals surface area contributed by atoms with E-state index in [1.54, 1.807) is 0 Å². The van der Waals surface area contributed by atoms with E-state index in [2.05, 4.69) is 10.6 Å². The van der Waals surface area contributed by atoms with E-state index in [4.69, 9.17) is 0 Å². The second-order valence-corrected chi connectivity index (χ2v) is 5.61. The van der Waals surface area contributed by atoms with Crippen molar-refractivity contribution >= 4 is 11.6 Å². The molecule has 2 aliphatic rings. The zero-order valence-corrected chi connectivity index (χ0v) is 10.8. The minimum Gasteiger partial charge on any atom is -0.323 e. The highest BCUT2D eigenvalue weighted by molar-refractivity contribution is 5.95. The first kappa shape index (κ1) is 13.4. The van der Waals surface area contributed by atoms with Crippen molar-refractivity contribution in [3.63, 3.8) is 0 Å². The van der Waals surface area contributed by atoms with E-state index in [0.717, 1.165) is 38.4 Å². The molecule has 3 rings (SSSR count). The number of benzene rings is 1. The number of carbonyl (C=O) groups is 1. The van der Waals surface area contributed by atoms with Crippen molar-refractivity contribution < 1.29 is 18.0 Å². The van der Waals surface area contributed by atoms with Gasteiger partial charge in [0.25, 0.3) is 0 Å². The van der Waals surface area contributed by atoms with E-state index in [1.165, 1.54) is 0 Å². The number of amides is 1. The highest BCUT2D eigenvalue weighted by atomic mass is 19.2. The molecule has 1 saturated carbocycles. The molecule has 0 bridgehead atoms. The standard InChI is InChI=1S/C14H15F3N2O/c15-8-5-10(16)12(17)11(6-8)19-13(20)9-7-14(9)1-3-18-4-2-14/h5-6,9,18H,1-4,7H2,(H,19,20). The minimum atomic E-state index is -1.30. The molecule has 1 unspecified atom stereocenters. The van der Waals surface area contributed by atoms with E-state index in [9.17, 15) is 18.0 Å².